The van der Waals surface area contributed by atoms with Crippen molar-refractivity contribution in [3.05, 3.63) is 39.8 Å². The molecular weight excluding hydrogens is 342 g/mol. The average molecular weight is 366 g/mol. The number of rotatable bonds is 8. The van der Waals surface area contributed by atoms with Crippen LogP contribution in [0.3, 0.4) is 0 Å². The first kappa shape index (κ1) is 19.1. The fourth-order valence-corrected chi connectivity index (χ4v) is 3.80. The number of unbranched alkanes of at least 4 members (excludes halogenated alkanes) is 3. The summed E-state index contributed by atoms with van der Waals surface area (Å²) >= 11 is 7.41. The molecule has 0 N–H and O–H groups in total. The summed E-state index contributed by atoms with van der Waals surface area (Å²) in [5, 5.41) is 0.852. The minimum atomic E-state index is -0.179. The smallest absolute Gasteiger partial charge is 0.267 e. The Morgan fingerprint density at radius 3 is 2.29 bits per heavy atom. The van der Waals surface area contributed by atoms with Crippen molar-refractivity contribution in [2.24, 2.45) is 0 Å². The maximum absolute atomic E-state index is 12.9. The molecule has 1 aliphatic rings. The average Bonchev–Trinajstić information content (AvgIpc) is 2.76. The van der Waals surface area contributed by atoms with Gasteiger partial charge < -0.3 is 0 Å². The van der Waals surface area contributed by atoms with Crippen LogP contribution in [0.4, 0.5) is 0 Å². The maximum Gasteiger partial charge on any atom is 0.267 e. The van der Waals surface area contributed by atoms with Crippen molar-refractivity contribution >= 4 is 40.8 Å². The van der Waals surface area contributed by atoms with E-state index in [1.54, 1.807) is 12.1 Å². The molecule has 1 aliphatic heterocycles. The van der Waals surface area contributed by atoms with Gasteiger partial charge in [-0.05, 0) is 24.1 Å². The number of nitrogens with zero attached hydrogens (tertiary/aromatic N) is 1. The molecule has 5 heteroatoms. The molecule has 0 spiro atoms. The predicted octanol–water partition coefficient (Wildman–Crippen LogP) is 5.14. The Bertz CT molecular complexity index is 637. The minimum absolute atomic E-state index is 0.153. The van der Waals surface area contributed by atoms with Crippen LogP contribution in [0.25, 0.3) is 5.57 Å². The van der Waals surface area contributed by atoms with Crippen molar-refractivity contribution in [1.29, 1.82) is 0 Å². The molecule has 0 saturated heterocycles. The van der Waals surface area contributed by atoms with Crippen LogP contribution in [0.5, 0.6) is 0 Å². The van der Waals surface area contributed by atoms with Crippen LogP contribution in [0.15, 0.2) is 29.2 Å². The first-order valence-electron chi connectivity index (χ1n) is 8.48. The second kappa shape index (κ2) is 8.72. The molecule has 2 amide bonds. The zero-order chi connectivity index (χ0) is 17.7. The number of hydrogen-bond donors (Lipinski definition) is 0. The van der Waals surface area contributed by atoms with Gasteiger partial charge in [-0.1, -0.05) is 63.8 Å². The number of benzene rings is 1. The predicted molar refractivity (Wildman–Crippen MR) is 102 cm³/mol. The van der Waals surface area contributed by atoms with Crippen molar-refractivity contribution in [1.82, 2.24) is 4.90 Å². The van der Waals surface area contributed by atoms with Gasteiger partial charge in [0.1, 0.15) is 0 Å². The lowest BCUT2D eigenvalue weighted by molar-refractivity contribution is -0.136. The first-order chi connectivity index (χ1) is 11.5. The van der Waals surface area contributed by atoms with E-state index < -0.39 is 0 Å². The van der Waals surface area contributed by atoms with Crippen molar-refractivity contribution in [3.8, 4) is 0 Å². The fourth-order valence-electron chi connectivity index (χ4n) is 2.67. The number of hydrogen-bond acceptors (Lipinski definition) is 3. The van der Waals surface area contributed by atoms with Gasteiger partial charge in [-0.2, -0.15) is 0 Å². The van der Waals surface area contributed by atoms with Crippen molar-refractivity contribution < 1.29 is 9.59 Å². The van der Waals surface area contributed by atoms with Crippen molar-refractivity contribution in [2.75, 3.05) is 6.54 Å². The summed E-state index contributed by atoms with van der Waals surface area (Å²) < 4.78 is 0. The fraction of sp³-hybridized carbons (Fsp3) is 0.474. The highest BCUT2D eigenvalue weighted by Gasteiger charge is 2.39. The molecule has 2 rings (SSSR count). The van der Waals surface area contributed by atoms with Crippen LogP contribution >= 0.6 is 23.4 Å². The van der Waals surface area contributed by atoms with Gasteiger partial charge in [0.25, 0.3) is 11.8 Å². The van der Waals surface area contributed by atoms with Crippen LogP contribution in [0, 0.1) is 0 Å². The Morgan fingerprint density at radius 2 is 1.71 bits per heavy atom. The second-order valence-corrected chi connectivity index (χ2v) is 8.22. The molecule has 0 unspecified atom stereocenters. The first-order valence-corrected chi connectivity index (χ1v) is 9.74. The van der Waals surface area contributed by atoms with E-state index in [1.165, 1.54) is 16.7 Å². The molecule has 0 fully saturated rings. The van der Waals surface area contributed by atoms with E-state index in [4.69, 9.17) is 11.6 Å². The third-order valence-electron chi connectivity index (χ3n) is 3.85. The van der Waals surface area contributed by atoms with E-state index >= 15 is 0 Å². The summed E-state index contributed by atoms with van der Waals surface area (Å²) in [4.78, 5) is 27.6. The zero-order valence-electron chi connectivity index (χ0n) is 14.5. The Hall–Kier alpha value is -1.26. The molecule has 0 aromatic heterocycles. The van der Waals surface area contributed by atoms with Gasteiger partial charge in [0.15, 0.2) is 0 Å². The largest absolute Gasteiger partial charge is 0.274 e. The molecule has 1 aromatic carbocycles. The third kappa shape index (κ3) is 4.42. The van der Waals surface area contributed by atoms with E-state index in [9.17, 15) is 9.59 Å². The van der Waals surface area contributed by atoms with E-state index in [0.29, 0.717) is 22.0 Å². The topological polar surface area (TPSA) is 37.4 Å². The highest BCUT2D eigenvalue weighted by molar-refractivity contribution is 8.04. The second-order valence-electron chi connectivity index (χ2n) is 6.20. The van der Waals surface area contributed by atoms with Gasteiger partial charge in [0, 0.05) is 16.8 Å². The van der Waals surface area contributed by atoms with Gasteiger partial charge in [-0.15, -0.1) is 11.8 Å². The molecule has 1 aromatic rings. The number of amides is 2. The summed E-state index contributed by atoms with van der Waals surface area (Å²) in [7, 11) is 0. The molecule has 0 aliphatic carbocycles. The lowest BCUT2D eigenvalue weighted by atomic mass is 10.1. The lowest BCUT2D eigenvalue weighted by Crippen LogP contribution is -2.32. The third-order valence-corrected chi connectivity index (χ3v) is 5.19. The zero-order valence-corrected chi connectivity index (χ0v) is 16.0. The maximum atomic E-state index is 12.9. The van der Waals surface area contributed by atoms with Crippen LogP contribution in [-0.2, 0) is 9.59 Å². The van der Waals surface area contributed by atoms with Gasteiger partial charge in [-0.3, -0.25) is 14.5 Å². The number of carbonyl (C=O) groups is 2. The quantitative estimate of drug-likeness (QED) is 0.472. The van der Waals surface area contributed by atoms with Crippen LogP contribution in [-0.4, -0.2) is 28.5 Å². The number of imide groups is 1. The summed E-state index contributed by atoms with van der Waals surface area (Å²) in [6.45, 7) is 6.69. The SMILES string of the molecule is CCCCCCN1C(=O)C(SC(C)C)=C(c2ccc(Cl)cc2)C1=O. The highest BCUT2D eigenvalue weighted by atomic mass is 35.5. The van der Waals surface area contributed by atoms with E-state index in [1.807, 2.05) is 26.0 Å². The molecular formula is C19H24ClNO2S. The number of carbonyl (C=O) groups excluding carboxylic acids is 2. The van der Waals surface area contributed by atoms with E-state index in [-0.39, 0.29) is 17.1 Å². The summed E-state index contributed by atoms with van der Waals surface area (Å²) in [6.07, 6.45) is 4.15. The van der Waals surface area contributed by atoms with Crippen LogP contribution in [0.2, 0.25) is 5.02 Å². The Labute approximate surface area is 153 Å². The molecule has 3 nitrogen and oxygen atoms in total. The minimum Gasteiger partial charge on any atom is -0.274 e. The Morgan fingerprint density at radius 1 is 1.04 bits per heavy atom. The standard InChI is InChI=1S/C19H24ClNO2S/c1-4-5-6-7-12-21-18(22)16(14-8-10-15(20)11-9-14)17(19(21)23)24-13(2)3/h8-11,13H,4-7,12H2,1-3H3. The van der Waals surface area contributed by atoms with Crippen molar-refractivity contribution in [2.45, 2.75) is 51.7 Å². The molecule has 0 atom stereocenters. The van der Waals surface area contributed by atoms with Gasteiger partial charge in [0.2, 0.25) is 0 Å². The Kier molecular flexibility index (Phi) is 6.93. The molecule has 0 bridgehead atoms. The van der Waals surface area contributed by atoms with Crippen LogP contribution in [0.1, 0.15) is 52.0 Å². The van der Waals surface area contributed by atoms with Gasteiger partial charge in [-0.25, -0.2) is 0 Å². The molecule has 130 valence electrons. The highest BCUT2D eigenvalue weighted by Crippen LogP contribution is 2.38. The number of halogens is 1. The summed E-state index contributed by atoms with van der Waals surface area (Å²) in [5.41, 5.74) is 1.28. The molecule has 24 heavy (non-hydrogen) atoms. The lowest BCUT2D eigenvalue weighted by Gasteiger charge is -2.15. The van der Waals surface area contributed by atoms with Gasteiger partial charge >= 0.3 is 0 Å². The molecule has 0 saturated carbocycles. The molecule has 0 radical (unpaired) electrons. The number of thioether (sulfide) groups is 1. The molecule has 1 heterocycles. The normalized spacial score (nSPS) is 15.1. The van der Waals surface area contributed by atoms with Crippen molar-refractivity contribution in [3.63, 3.8) is 0 Å². The summed E-state index contributed by atoms with van der Waals surface area (Å²) in [6, 6.07) is 7.13. The van der Waals surface area contributed by atoms with E-state index in [0.717, 1.165) is 31.2 Å². The Balaban J connectivity index is 2.28. The summed E-state index contributed by atoms with van der Waals surface area (Å²) in [5.74, 6) is -0.331. The van der Waals surface area contributed by atoms with Gasteiger partial charge in [0.05, 0.1) is 10.5 Å². The van der Waals surface area contributed by atoms with Crippen LogP contribution < -0.4 is 0 Å². The van der Waals surface area contributed by atoms with E-state index in [2.05, 4.69) is 6.92 Å². The monoisotopic (exact) mass is 365 g/mol.